The van der Waals surface area contributed by atoms with Gasteiger partial charge in [0.2, 0.25) is 0 Å². The normalized spacial score (nSPS) is 18.2. The molecule has 2 aromatic rings. The van der Waals surface area contributed by atoms with Crippen molar-refractivity contribution < 1.29 is 27.9 Å². The van der Waals surface area contributed by atoms with Crippen LogP contribution in [0.1, 0.15) is 18.4 Å². The third-order valence-electron chi connectivity index (χ3n) is 5.31. The predicted octanol–water partition coefficient (Wildman–Crippen LogP) is 4.68. The fourth-order valence-electron chi connectivity index (χ4n) is 3.76. The Bertz CT molecular complexity index is 998. The minimum absolute atomic E-state index is 0.300. The molecule has 0 aromatic heterocycles. The van der Waals surface area contributed by atoms with Crippen molar-refractivity contribution in [2.45, 2.75) is 25.0 Å². The number of hydrogen-bond acceptors (Lipinski definition) is 5. The topological polar surface area (TPSA) is 71.1 Å². The van der Waals surface area contributed by atoms with Crippen molar-refractivity contribution in [3.63, 3.8) is 0 Å². The van der Waals surface area contributed by atoms with Gasteiger partial charge >= 0.3 is 12.2 Å². The van der Waals surface area contributed by atoms with Crippen molar-refractivity contribution in [2.24, 2.45) is 0 Å². The van der Waals surface area contributed by atoms with Crippen molar-refractivity contribution in [3.8, 4) is 0 Å². The molecule has 10 heteroatoms. The van der Waals surface area contributed by atoms with Crippen LogP contribution in [0.25, 0.3) is 0 Å². The van der Waals surface area contributed by atoms with Gasteiger partial charge in [-0.15, -0.1) is 5.06 Å². The number of nitrogens with zero attached hydrogens (tertiary/aromatic N) is 2. The molecule has 0 radical (unpaired) electrons. The molecule has 2 saturated heterocycles. The van der Waals surface area contributed by atoms with Crippen molar-refractivity contribution in [1.82, 2.24) is 9.96 Å². The highest BCUT2D eigenvalue weighted by molar-refractivity contribution is 9.10. The Labute approximate surface area is 186 Å². The Morgan fingerprint density at radius 1 is 1.19 bits per heavy atom. The molecule has 1 N–H and O–H groups in total. The second-order valence-corrected chi connectivity index (χ2v) is 8.51. The summed E-state index contributed by atoms with van der Waals surface area (Å²) in [5.41, 5.74) is 0.0606. The highest BCUT2D eigenvalue weighted by Gasteiger charge is 2.47. The monoisotopic (exact) mass is 495 g/mol. The van der Waals surface area contributed by atoms with E-state index >= 15 is 0 Å². The van der Waals surface area contributed by atoms with Crippen LogP contribution in [0, 0.1) is 11.6 Å². The fourth-order valence-corrected chi connectivity index (χ4v) is 4.21. The lowest BCUT2D eigenvalue weighted by Crippen LogP contribution is -2.47. The summed E-state index contributed by atoms with van der Waals surface area (Å²) in [6.45, 7) is 1.59. The SMILES string of the molecule is O=C(Nc1cc(F)ccc1F)ON1CCC2(CC1)CN(Cc1cccc(Br)c1)C(=O)O2. The van der Waals surface area contributed by atoms with Crippen LogP contribution in [0.2, 0.25) is 0 Å². The van der Waals surface area contributed by atoms with Crippen LogP contribution < -0.4 is 5.32 Å². The lowest BCUT2D eigenvalue weighted by Gasteiger charge is -2.36. The van der Waals surface area contributed by atoms with E-state index in [0.29, 0.717) is 39.0 Å². The number of rotatable bonds is 4. The first kappa shape index (κ1) is 21.5. The molecule has 0 bridgehead atoms. The van der Waals surface area contributed by atoms with Gasteiger partial charge in [-0.2, -0.15) is 0 Å². The number of carbonyl (C=O) groups is 2. The van der Waals surface area contributed by atoms with Crippen molar-refractivity contribution in [1.29, 1.82) is 0 Å². The molecule has 0 saturated carbocycles. The summed E-state index contributed by atoms with van der Waals surface area (Å²) in [6, 6.07) is 10.5. The van der Waals surface area contributed by atoms with Gasteiger partial charge in [0.25, 0.3) is 0 Å². The molecule has 2 amide bonds. The molecule has 2 heterocycles. The van der Waals surface area contributed by atoms with Gasteiger partial charge in [-0.1, -0.05) is 28.1 Å². The maximum atomic E-state index is 13.7. The van der Waals surface area contributed by atoms with Gasteiger partial charge < -0.3 is 9.57 Å². The number of benzene rings is 2. The van der Waals surface area contributed by atoms with Gasteiger partial charge in [-0.25, -0.2) is 18.4 Å². The minimum Gasteiger partial charge on any atom is -0.441 e. The molecular formula is C21H20BrF2N3O4. The summed E-state index contributed by atoms with van der Waals surface area (Å²) in [5, 5.41) is 3.61. The second-order valence-electron chi connectivity index (χ2n) is 7.59. The molecule has 2 aliphatic heterocycles. The number of ether oxygens (including phenoxy) is 1. The predicted molar refractivity (Wildman–Crippen MR) is 111 cm³/mol. The van der Waals surface area contributed by atoms with E-state index in [1.54, 1.807) is 4.90 Å². The molecule has 31 heavy (non-hydrogen) atoms. The first-order chi connectivity index (χ1) is 14.8. The molecule has 0 aliphatic carbocycles. The summed E-state index contributed by atoms with van der Waals surface area (Å²) in [5.74, 6) is -1.44. The van der Waals surface area contributed by atoms with Gasteiger partial charge in [0.15, 0.2) is 0 Å². The summed E-state index contributed by atoms with van der Waals surface area (Å²) in [4.78, 5) is 31.3. The highest BCUT2D eigenvalue weighted by Crippen LogP contribution is 2.34. The average molecular weight is 496 g/mol. The van der Waals surface area contributed by atoms with Gasteiger partial charge in [0.05, 0.1) is 12.2 Å². The average Bonchev–Trinajstić information content (AvgIpc) is 3.01. The fraction of sp³-hybridized carbons (Fsp3) is 0.333. The van der Waals surface area contributed by atoms with Crippen molar-refractivity contribution >= 4 is 33.8 Å². The van der Waals surface area contributed by atoms with Crippen LogP contribution >= 0.6 is 15.9 Å². The summed E-state index contributed by atoms with van der Waals surface area (Å²) in [6.07, 6.45) is -0.321. The highest BCUT2D eigenvalue weighted by atomic mass is 79.9. The van der Waals surface area contributed by atoms with E-state index < -0.39 is 23.3 Å². The molecular weight excluding hydrogens is 476 g/mol. The van der Waals surface area contributed by atoms with Gasteiger partial charge in [-0.05, 0) is 29.8 Å². The van der Waals surface area contributed by atoms with E-state index in [1.165, 1.54) is 5.06 Å². The van der Waals surface area contributed by atoms with Crippen molar-refractivity contribution in [2.75, 3.05) is 25.0 Å². The van der Waals surface area contributed by atoms with E-state index in [4.69, 9.17) is 9.57 Å². The number of hydrogen-bond donors (Lipinski definition) is 1. The van der Waals surface area contributed by atoms with E-state index in [0.717, 1.165) is 28.2 Å². The lowest BCUT2D eigenvalue weighted by atomic mass is 9.92. The smallest absolute Gasteiger partial charge is 0.430 e. The molecule has 1 spiro atoms. The Morgan fingerprint density at radius 2 is 1.97 bits per heavy atom. The number of nitrogens with one attached hydrogen (secondary N) is 1. The Hall–Kier alpha value is -2.72. The van der Waals surface area contributed by atoms with E-state index in [2.05, 4.69) is 21.2 Å². The number of piperidine rings is 1. The minimum atomic E-state index is -0.917. The Kier molecular flexibility index (Phi) is 6.10. The number of carbonyl (C=O) groups excluding carboxylic acids is 2. The second kappa shape index (κ2) is 8.80. The van der Waals surface area contributed by atoms with Crippen LogP contribution in [0.5, 0.6) is 0 Å². The molecule has 2 fully saturated rings. The molecule has 0 atom stereocenters. The number of halogens is 3. The van der Waals surface area contributed by atoms with Crippen LogP contribution in [0.3, 0.4) is 0 Å². The molecule has 4 rings (SSSR count). The number of anilines is 1. The quantitative estimate of drug-likeness (QED) is 0.666. The van der Waals surface area contributed by atoms with Gasteiger partial charge in [0.1, 0.15) is 17.2 Å². The van der Waals surface area contributed by atoms with E-state index in [1.807, 2.05) is 24.3 Å². The van der Waals surface area contributed by atoms with Gasteiger partial charge in [-0.3, -0.25) is 10.2 Å². The summed E-state index contributed by atoms with van der Waals surface area (Å²) in [7, 11) is 0. The number of amides is 2. The summed E-state index contributed by atoms with van der Waals surface area (Å²) < 4.78 is 33.5. The molecule has 0 unspecified atom stereocenters. The molecule has 2 aromatic carbocycles. The first-order valence-corrected chi connectivity index (χ1v) is 10.5. The van der Waals surface area contributed by atoms with Crippen LogP contribution in [0.15, 0.2) is 46.9 Å². The zero-order valence-corrected chi connectivity index (χ0v) is 18.0. The Balaban J connectivity index is 1.29. The van der Waals surface area contributed by atoms with Gasteiger partial charge in [0, 0.05) is 43.0 Å². The molecule has 2 aliphatic rings. The maximum Gasteiger partial charge on any atom is 0.430 e. The van der Waals surface area contributed by atoms with E-state index in [9.17, 15) is 18.4 Å². The maximum absolute atomic E-state index is 13.7. The zero-order valence-electron chi connectivity index (χ0n) is 16.4. The standard InChI is InChI=1S/C21H20BrF2N3O4/c22-15-3-1-2-14(10-15)12-26-13-21(30-20(26)29)6-8-27(9-7-21)31-19(28)25-18-11-16(23)4-5-17(18)24/h1-5,10-11H,6-9,12-13H2,(H,25,28). The Morgan fingerprint density at radius 3 is 2.71 bits per heavy atom. The molecule has 164 valence electrons. The lowest BCUT2D eigenvalue weighted by molar-refractivity contribution is -0.138. The molecule has 7 nitrogen and oxygen atoms in total. The largest absolute Gasteiger partial charge is 0.441 e. The third kappa shape index (κ3) is 5.13. The zero-order chi connectivity index (χ0) is 22.0. The van der Waals surface area contributed by atoms with E-state index in [-0.39, 0.29) is 11.8 Å². The van der Waals surface area contributed by atoms with Crippen LogP contribution in [-0.4, -0.2) is 47.4 Å². The first-order valence-electron chi connectivity index (χ1n) is 9.73. The van der Waals surface area contributed by atoms with Crippen LogP contribution in [0.4, 0.5) is 24.1 Å². The summed E-state index contributed by atoms with van der Waals surface area (Å²) >= 11 is 3.42. The third-order valence-corrected chi connectivity index (χ3v) is 5.81. The number of hydroxylamine groups is 2. The van der Waals surface area contributed by atoms with Crippen molar-refractivity contribution in [3.05, 3.63) is 64.1 Å². The van der Waals surface area contributed by atoms with Crippen LogP contribution in [-0.2, 0) is 16.1 Å².